The molecule has 1 fully saturated rings. The lowest BCUT2D eigenvalue weighted by atomic mass is 9.89. The molecule has 1 aromatic heterocycles. The molecule has 1 N–H and O–H groups in total. The molecule has 1 spiro atoms. The quantitative estimate of drug-likeness (QED) is 0.817. The van der Waals surface area contributed by atoms with Crippen molar-refractivity contribution in [1.82, 2.24) is 4.31 Å². The van der Waals surface area contributed by atoms with Crippen LogP contribution in [0.3, 0.4) is 0 Å². The van der Waals surface area contributed by atoms with Gasteiger partial charge in [0.05, 0.1) is 6.42 Å². The molecule has 2 aliphatic rings. The maximum Gasteiger partial charge on any atom is 0.512 e. The molecule has 3 heterocycles. The van der Waals surface area contributed by atoms with Gasteiger partial charge in [0.25, 0.3) is 10.0 Å². The van der Waals surface area contributed by atoms with Gasteiger partial charge in [-0.2, -0.15) is 4.31 Å². The van der Waals surface area contributed by atoms with Gasteiger partial charge in [-0.25, -0.2) is 13.2 Å². The Morgan fingerprint density at radius 1 is 1.45 bits per heavy atom. The van der Waals surface area contributed by atoms with Crippen molar-refractivity contribution in [3.8, 4) is 0 Å². The molecule has 8 nitrogen and oxygen atoms in total. The molecule has 3 rings (SSSR count). The number of carbonyl (C=O) groups is 1. The van der Waals surface area contributed by atoms with Crippen LogP contribution in [-0.2, 0) is 19.6 Å². The van der Waals surface area contributed by atoms with Gasteiger partial charge in [-0.1, -0.05) is 11.2 Å². The molecule has 0 radical (unpaired) electrons. The molecule has 22 heavy (non-hydrogen) atoms. The number of hydrogen-bond donors (Lipinski definition) is 1. The van der Waals surface area contributed by atoms with Gasteiger partial charge in [0.2, 0.25) is 5.90 Å². The SMILES string of the molecule is O=C(O)OC1=NOC2(CCN(S(=O)(=O)c3cccs3)CC2)C1. The fourth-order valence-corrected chi connectivity index (χ4v) is 5.17. The highest BCUT2D eigenvalue weighted by Crippen LogP contribution is 2.36. The van der Waals surface area contributed by atoms with Gasteiger partial charge in [0, 0.05) is 25.9 Å². The maximum absolute atomic E-state index is 12.4. The van der Waals surface area contributed by atoms with E-state index in [-0.39, 0.29) is 12.3 Å². The topological polar surface area (TPSA) is 106 Å². The highest BCUT2D eigenvalue weighted by molar-refractivity contribution is 7.91. The zero-order chi connectivity index (χ0) is 15.8. The second-order valence-electron chi connectivity index (χ2n) is 5.14. The number of hydrogen-bond acceptors (Lipinski definition) is 7. The van der Waals surface area contributed by atoms with E-state index in [1.54, 1.807) is 17.5 Å². The third kappa shape index (κ3) is 2.81. The summed E-state index contributed by atoms with van der Waals surface area (Å²) in [5.74, 6) is 0.0158. The number of piperidine rings is 1. The molecule has 0 aliphatic carbocycles. The lowest BCUT2D eigenvalue weighted by Gasteiger charge is -2.35. The summed E-state index contributed by atoms with van der Waals surface area (Å²) in [5.41, 5.74) is -0.660. The molecule has 2 aliphatic heterocycles. The first-order valence-electron chi connectivity index (χ1n) is 6.61. The highest BCUT2D eigenvalue weighted by Gasteiger charge is 2.45. The Morgan fingerprint density at radius 2 is 2.18 bits per heavy atom. The van der Waals surface area contributed by atoms with Crippen LogP contribution in [0.15, 0.2) is 26.9 Å². The zero-order valence-corrected chi connectivity index (χ0v) is 13.1. The van der Waals surface area contributed by atoms with Crippen LogP contribution in [-0.4, -0.2) is 48.6 Å². The van der Waals surface area contributed by atoms with Crippen molar-refractivity contribution in [3.63, 3.8) is 0 Å². The predicted octanol–water partition coefficient (Wildman–Crippen LogP) is 1.70. The minimum Gasteiger partial charge on any atom is -0.449 e. The van der Waals surface area contributed by atoms with Gasteiger partial charge in [-0.05, 0) is 11.4 Å². The van der Waals surface area contributed by atoms with Crippen molar-refractivity contribution in [2.45, 2.75) is 29.1 Å². The van der Waals surface area contributed by atoms with Crippen molar-refractivity contribution >= 4 is 33.4 Å². The first kappa shape index (κ1) is 15.3. The first-order valence-corrected chi connectivity index (χ1v) is 8.93. The number of ether oxygens (including phenoxy) is 1. The molecule has 1 saturated heterocycles. The molecule has 10 heteroatoms. The van der Waals surface area contributed by atoms with Crippen LogP contribution in [0.4, 0.5) is 4.79 Å². The predicted molar refractivity (Wildman–Crippen MR) is 77.3 cm³/mol. The van der Waals surface area contributed by atoms with E-state index in [0.717, 1.165) is 0 Å². The summed E-state index contributed by atoms with van der Waals surface area (Å²) >= 11 is 1.19. The standard InChI is InChI=1S/C12H14N2O6S2/c15-11(16)19-9-8-12(20-13-9)3-5-14(6-4-12)22(17,18)10-2-1-7-21-10/h1-2,7H,3-6,8H2,(H,15,16). The van der Waals surface area contributed by atoms with Crippen molar-refractivity contribution in [3.05, 3.63) is 17.5 Å². The van der Waals surface area contributed by atoms with Gasteiger partial charge in [-0.15, -0.1) is 11.3 Å². The van der Waals surface area contributed by atoms with E-state index in [4.69, 9.17) is 9.94 Å². The van der Waals surface area contributed by atoms with Gasteiger partial charge in [0.15, 0.2) is 0 Å². The monoisotopic (exact) mass is 346 g/mol. The summed E-state index contributed by atoms with van der Waals surface area (Å²) in [5, 5.41) is 13.9. The van der Waals surface area contributed by atoms with E-state index in [1.807, 2.05) is 0 Å². The van der Waals surface area contributed by atoms with Crippen LogP contribution in [0.5, 0.6) is 0 Å². The summed E-state index contributed by atoms with van der Waals surface area (Å²) in [4.78, 5) is 15.8. The molecule has 1 aromatic rings. The smallest absolute Gasteiger partial charge is 0.449 e. The van der Waals surface area contributed by atoms with Crippen molar-refractivity contribution < 1.29 is 27.9 Å². The Kier molecular flexibility index (Phi) is 3.83. The van der Waals surface area contributed by atoms with Gasteiger partial charge in [0.1, 0.15) is 9.81 Å². The first-order chi connectivity index (χ1) is 10.4. The maximum atomic E-state index is 12.4. The fourth-order valence-electron chi connectivity index (χ4n) is 2.58. The Morgan fingerprint density at radius 3 is 2.77 bits per heavy atom. The molecule has 0 unspecified atom stereocenters. The van der Waals surface area contributed by atoms with Crippen LogP contribution < -0.4 is 0 Å². The summed E-state index contributed by atoms with van der Waals surface area (Å²) in [6.45, 7) is 0.603. The minimum atomic E-state index is -3.46. The Balaban J connectivity index is 1.63. The Hall–Kier alpha value is -1.65. The number of rotatable bonds is 2. The zero-order valence-electron chi connectivity index (χ0n) is 11.5. The van der Waals surface area contributed by atoms with E-state index in [0.29, 0.717) is 30.1 Å². The second kappa shape index (κ2) is 5.52. The van der Waals surface area contributed by atoms with E-state index in [1.165, 1.54) is 15.6 Å². The summed E-state index contributed by atoms with van der Waals surface area (Å²) in [6.07, 6.45) is -0.315. The molecular weight excluding hydrogens is 332 g/mol. The van der Waals surface area contributed by atoms with Gasteiger partial charge in [-0.3, -0.25) is 0 Å². The Bertz CT molecular complexity index is 689. The summed E-state index contributed by atoms with van der Waals surface area (Å²) in [7, 11) is -3.46. The van der Waals surface area contributed by atoms with Crippen LogP contribution in [0.25, 0.3) is 0 Å². The van der Waals surface area contributed by atoms with Crippen LogP contribution in [0, 0.1) is 0 Å². The largest absolute Gasteiger partial charge is 0.512 e. The number of oxime groups is 1. The van der Waals surface area contributed by atoms with Crippen molar-refractivity contribution in [2.75, 3.05) is 13.1 Å². The molecule has 120 valence electrons. The number of carboxylic acid groups (broad SMARTS) is 1. The van der Waals surface area contributed by atoms with Gasteiger partial charge < -0.3 is 14.7 Å². The number of thiophene rings is 1. The molecule has 0 aromatic carbocycles. The third-order valence-electron chi connectivity index (χ3n) is 3.74. The van der Waals surface area contributed by atoms with Crippen LogP contribution in [0.1, 0.15) is 19.3 Å². The summed E-state index contributed by atoms with van der Waals surface area (Å²) < 4.78 is 31.1. The average molecular weight is 346 g/mol. The van der Waals surface area contributed by atoms with Crippen LogP contribution >= 0.6 is 11.3 Å². The van der Waals surface area contributed by atoms with E-state index in [2.05, 4.69) is 9.89 Å². The Labute approximate surface area is 131 Å². The van der Waals surface area contributed by atoms with Crippen molar-refractivity contribution in [1.29, 1.82) is 0 Å². The number of nitrogens with zero attached hydrogens (tertiary/aromatic N) is 2. The second-order valence-corrected chi connectivity index (χ2v) is 8.25. The normalized spacial score (nSPS) is 21.4. The van der Waals surface area contributed by atoms with E-state index >= 15 is 0 Å². The molecule has 0 bridgehead atoms. The fraction of sp³-hybridized carbons (Fsp3) is 0.500. The van der Waals surface area contributed by atoms with Gasteiger partial charge >= 0.3 is 6.16 Å². The average Bonchev–Trinajstić information content (AvgIpc) is 3.10. The molecule has 0 amide bonds. The minimum absolute atomic E-state index is 0.0158. The summed E-state index contributed by atoms with van der Waals surface area (Å²) in [6, 6.07) is 3.28. The lowest BCUT2D eigenvalue weighted by molar-refractivity contribution is -0.0506. The molecule has 0 saturated carbocycles. The third-order valence-corrected chi connectivity index (χ3v) is 7.01. The van der Waals surface area contributed by atoms with Crippen molar-refractivity contribution in [2.24, 2.45) is 5.16 Å². The van der Waals surface area contributed by atoms with Crippen LogP contribution in [0.2, 0.25) is 0 Å². The molecule has 0 atom stereocenters. The molecular formula is C12H14N2O6S2. The van der Waals surface area contributed by atoms with E-state index in [9.17, 15) is 13.2 Å². The number of sulfonamides is 1. The highest BCUT2D eigenvalue weighted by atomic mass is 32.2. The lowest BCUT2D eigenvalue weighted by Crippen LogP contribution is -2.46. The van der Waals surface area contributed by atoms with E-state index < -0.39 is 21.8 Å².